The van der Waals surface area contributed by atoms with E-state index in [0.717, 1.165) is 0 Å². The average Bonchev–Trinajstić information content (AvgIpc) is 2.31. The van der Waals surface area contributed by atoms with Crippen molar-refractivity contribution in [3.8, 4) is 0 Å². The van der Waals surface area contributed by atoms with Crippen molar-refractivity contribution in [1.29, 1.82) is 0 Å². The standard InChI is InChI=1S/C10H13BrF5NO2/c1-2-3-4-6(7(18)5-11)17-8(19)9(12,13)10(14,15)16/h6H,2-5H2,1H3,(H,17,19). The molecule has 0 aliphatic heterocycles. The fourth-order valence-corrected chi connectivity index (χ4v) is 1.58. The van der Waals surface area contributed by atoms with E-state index >= 15 is 0 Å². The van der Waals surface area contributed by atoms with Crippen LogP contribution < -0.4 is 5.32 Å². The Labute approximate surface area is 115 Å². The Morgan fingerprint density at radius 1 is 1.21 bits per heavy atom. The first-order valence-corrected chi connectivity index (χ1v) is 6.54. The largest absolute Gasteiger partial charge is 0.463 e. The van der Waals surface area contributed by atoms with Crippen LogP contribution in [0.25, 0.3) is 0 Å². The second-order valence-electron chi connectivity index (χ2n) is 3.84. The van der Waals surface area contributed by atoms with E-state index in [-0.39, 0.29) is 11.8 Å². The summed E-state index contributed by atoms with van der Waals surface area (Å²) < 4.78 is 61.3. The molecule has 19 heavy (non-hydrogen) atoms. The smallest absolute Gasteiger partial charge is 0.341 e. The minimum Gasteiger partial charge on any atom is -0.341 e. The molecule has 0 aromatic heterocycles. The van der Waals surface area contributed by atoms with E-state index in [1.807, 2.05) is 0 Å². The highest BCUT2D eigenvalue weighted by Crippen LogP contribution is 2.35. The summed E-state index contributed by atoms with van der Waals surface area (Å²) in [6.07, 6.45) is -4.94. The van der Waals surface area contributed by atoms with Crippen molar-refractivity contribution in [2.24, 2.45) is 0 Å². The molecule has 1 unspecified atom stereocenters. The number of unbranched alkanes of at least 4 members (excludes halogenated alkanes) is 1. The number of hydrogen-bond donors (Lipinski definition) is 1. The van der Waals surface area contributed by atoms with Crippen LogP contribution >= 0.6 is 15.9 Å². The number of ketones is 1. The molecule has 0 aliphatic rings. The van der Waals surface area contributed by atoms with Crippen LogP contribution in [-0.2, 0) is 9.59 Å². The van der Waals surface area contributed by atoms with Gasteiger partial charge in [-0.2, -0.15) is 22.0 Å². The molecule has 0 aliphatic carbocycles. The van der Waals surface area contributed by atoms with Gasteiger partial charge < -0.3 is 5.32 Å². The SMILES string of the molecule is CCCCC(NC(=O)C(F)(F)C(F)(F)F)C(=O)CBr. The molecule has 112 valence electrons. The van der Waals surface area contributed by atoms with Crippen LogP contribution in [-0.4, -0.2) is 35.2 Å². The van der Waals surface area contributed by atoms with Crippen LogP contribution in [0.15, 0.2) is 0 Å². The molecule has 0 aromatic rings. The van der Waals surface area contributed by atoms with Crippen molar-refractivity contribution in [1.82, 2.24) is 5.32 Å². The fraction of sp³-hybridized carbons (Fsp3) is 0.800. The Bertz CT molecular complexity index is 332. The summed E-state index contributed by atoms with van der Waals surface area (Å²) in [4.78, 5) is 22.3. The Hall–Kier alpha value is -0.730. The van der Waals surface area contributed by atoms with E-state index in [1.54, 1.807) is 6.92 Å². The Kier molecular flexibility index (Phi) is 6.88. The van der Waals surface area contributed by atoms with Gasteiger partial charge >= 0.3 is 18.0 Å². The first-order chi connectivity index (χ1) is 8.57. The van der Waals surface area contributed by atoms with E-state index in [1.165, 1.54) is 5.32 Å². The molecule has 0 rings (SSSR count). The average molecular weight is 354 g/mol. The van der Waals surface area contributed by atoms with E-state index in [0.29, 0.717) is 12.8 Å². The van der Waals surface area contributed by atoms with Gasteiger partial charge in [-0.25, -0.2) is 0 Å². The number of carbonyl (C=O) groups excluding carboxylic acids is 2. The summed E-state index contributed by atoms with van der Waals surface area (Å²) >= 11 is 2.78. The summed E-state index contributed by atoms with van der Waals surface area (Å²) in [7, 11) is 0. The molecular weight excluding hydrogens is 341 g/mol. The highest BCUT2D eigenvalue weighted by Gasteiger charge is 2.63. The fourth-order valence-electron chi connectivity index (χ4n) is 1.19. The van der Waals surface area contributed by atoms with Gasteiger partial charge in [-0.1, -0.05) is 35.7 Å². The number of hydrogen-bond acceptors (Lipinski definition) is 2. The van der Waals surface area contributed by atoms with Gasteiger partial charge in [-0.05, 0) is 6.42 Å². The van der Waals surface area contributed by atoms with Crippen LogP contribution in [0.5, 0.6) is 0 Å². The van der Waals surface area contributed by atoms with Crippen molar-refractivity contribution in [2.75, 3.05) is 5.33 Å². The second kappa shape index (κ2) is 7.16. The first-order valence-electron chi connectivity index (χ1n) is 5.42. The van der Waals surface area contributed by atoms with E-state index < -0.39 is 29.8 Å². The zero-order valence-corrected chi connectivity index (χ0v) is 11.6. The summed E-state index contributed by atoms with van der Waals surface area (Å²) in [5, 5.41) is 1.22. The summed E-state index contributed by atoms with van der Waals surface area (Å²) in [6.45, 7) is 1.75. The van der Waals surface area contributed by atoms with Crippen LogP contribution in [0, 0.1) is 0 Å². The molecule has 1 amide bonds. The summed E-state index contributed by atoms with van der Waals surface area (Å²) in [5.74, 6) is -8.67. The third-order valence-corrected chi connectivity index (χ3v) is 2.87. The first kappa shape index (κ1) is 18.3. The number of amides is 1. The van der Waals surface area contributed by atoms with Gasteiger partial charge in [0, 0.05) is 0 Å². The molecule has 0 spiro atoms. The van der Waals surface area contributed by atoms with Gasteiger partial charge in [-0.3, -0.25) is 9.59 Å². The predicted molar refractivity (Wildman–Crippen MR) is 61.3 cm³/mol. The number of nitrogens with one attached hydrogen (secondary N) is 1. The van der Waals surface area contributed by atoms with Crippen molar-refractivity contribution < 1.29 is 31.5 Å². The van der Waals surface area contributed by atoms with Crippen molar-refractivity contribution in [2.45, 2.75) is 44.3 Å². The molecule has 0 heterocycles. The van der Waals surface area contributed by atoms with Crippen LogP contribution in [0.4, 0.5) is 22.0 Å². The quantitative estimate of drug-likeness (QED) is 0.565. The monoisotopic (exact) mass is 353 g/mol. The molecule has 1 N–H and O–H groups in total. The molecular formula is C10H13BrF5NO2. The maximum absolute atomic E-state index is 12.7. The molecule has 0 fully saturated rings. The van der Waals surface area contributed by atoms with Crippen LogP contribution in [0.3, 0.4) is 0 Å². The minimum atomic E-state index is -5.98. The Morgan fingerprint density at radius 3 is 2.11 bits per heavy atom. The van der Waals surface area contributed by atoms with Gasteiger partial charge in [0.2, 0.25) is 0 Å². The molecule has 0 aromatic carbocycles. The van der Waals surface area contributed by atoms with Crippen molar-refractivity contribution >= 4 is 27.6 Å². The van der Waals surface area contributed by atoms with Gasteiger partial charge in [-0.15, -0.1) is 0 Å². The van der Waals surface area contributed by atoms with Gasteiger partial charge in [0.05, 0.1) is 11.4 Å². The second-order valence-corrected chi connectivity index (χ2v) is 4.40. The highest BCUT2D eigenvalue weighted by atomic mass is 79.9. The lowest BCUT2D eigenvalue weighted by molar-refractivity contribution is -0.270. The van der Waals surface area contributed by atoms with Crippen LogP contribution in [0.1, 0.15) is 26.2 Å². The number of rotatable bonds is 7. The lowest BCUT2D eigenvalue weighted by Crippen LogP contribution is -2.54. The van der Waals surface area contributed by atoms with Crippen molar-refractivity contribution in [3.63, 3.8) is 0 Å². The third kappa shape index (κ3) is 5.04. The molecule has 1 atom stereocenters. The zero-order valence-electron chi connectivity index (χ0n) is 9.99. The van der Waals surface area contributed by atoms with Gasteiger partial charge in [0.1, 0.15) is 0 Å². The summed E-state index contributed by atoms with van der Waals surface area (Å²) in [6, 6.07) is -1.35. The normalized spacial score (nSPS) is 14.1. The van der Waals surface area contributed by atoms with Crippen LogP contribution in [0.2, 0.25) is 0 Å². The number of carbonyl (C=O) groups is 2. The molecule has 0 saturated heterocycles. The highest BCUT2D eigenvalue weighted by molar-refractivity contribution is 9.09. The Morgan fingerprint density at radius 2 is 1.74 bits per heavy atom. The van der Waals surface area contributed by atoms with Crippen molar-refractivity contribution in [3.05, 3.63) is 0 Å². The minimum absolute atomic E-state index is 0.0145. The molecule has 0 radical (unpaired) electrons. The predicted octanol–water partition coefficient (Wildman–Crippen LogP) is 2.82. The van der Waals surface area contributed by atoms with E-state index in [4.69, 9.17) is 0 Å². The van der Waals surface area contributed by atoms with E-state index in [2.05, 4.69) is 15.9 Å². The lowest BCUT2D eigenvalue weighted by Gasteiger charge is -2.22. The molecule has 0 saturated carbocycles. The topological polar surface area (TPSA) is 46.2 Å². The molecule has 3 nitrogen and oxygen atoms in total. The maximum Gasteiger partial charge on any atom is 0.463 e. The van der Waals surface area contributed by atoms with Gasteiger partial charge in [0.15, 0.2) is 5.78 Å². The summed E-state index contributed by atoms with van der Waals surface area (Å²) in [5.41, 5.74) is 0. The number of Topliss-reactive ketones (excluding diaryl/α,β-unsaturated/α-hetero) is 1. The maximum atomic E-state index is 12.7. The van der Waals surface area contributed by atoms with E-state index in [9.17, 15) is 31.5 Å². The molecule has 9 heteroatoms. The zero-order chi connectivity index (χ0) is 15.3. The Balaban J connectivity index is 4.85. The molecule has 0 bridgehead atoms. The number of alkyl halides is 6. The van der Waals surface area contributed by atoms with Gasteiger partial charge in [0.25, 0.3) is 0 Å². The third-order valence-electron chi connectivity index (χ3n) is 2.31. The number of halogens is 6. The lowest BCUT2D eigenvalue weighted by atomic mass is 10.1.